The number of hydrogen-bond acceptors (Lipinski definition) is 12. The summed E-state index contributed by atoms with van der Waals surface area (Å²) in [6, 6.07) is 21.1. The number of fused-ring (bicyclic) bond motifs is 2. The van der Waals surface area contributed by atoms with Crippen LogP contribution in [0.2, 0.25) is 0 Å². The lowest BCUT2D eigenvalue weighted by Crippen LogP contribution is -2.41. The summed E-state index contributed by atoms with van der Waals surface area (Å²) < 4.78 is 77.1. The summed E-state index contributed by atoms with van der Waals surface area (Å²) >= 11 is 9.03. The van der Waals surface area contributed by atoms with E-state index < -0.39 is 41.2 Å². The molecule has 6 aromatic rings. The van der Waals surface area contributed by atoms with Gasteiger partial charge in [-0.1, -0.05) is 37.9 Å². The van der Waals surface area contributed by atoms with Crippen molar-refractivity contribution in [1.82, 2.24) is 30.2 Å². The highest BCUT2D eigenvalue weighted by molar-refractivity contribution is 14.1. The van der Waals surface area contributed by atoms with Crippen molar-refractivity contribution in [2.45, 2.75) is 104 Å². The highest BCUT2D eigenvalue weighted by atomic mass is 127. The highest BCUT2D eigenvalue weighted by Crippen LogP contribution is 2.37. The molecule has 1 aliphatic heterocycles. The molecule has 16 nitrogen and oxygen atoms in total. The Morgan fingerprint density at radius 2 is 1.16 bits per heavy atom. The van der Waals surface area contributed by atoms with Gasteiger partial charge in [-0.3, -0.25) is 10.2 Å². The number of halogens is 5. The van der Waals surface area contributed by atoms with E-state index in [0.717, 1.165) is 29.1 Å². The minimum Gasteiger partial charge on any atom is -0.491 e. The molecule has 7 rings (SSSR count). The standard InChI is InChI=1S/C24H29BrFN3O4.C23H37BFNO6.C7H4BrIN2/c1-24(2,3)33-23(30)29(4)10-5-11-31-12-13-32-17-7-9-18(20(26)15-17)22-19-8-6-16(25)14-21(19)27-28-22;1-21(2,3)30-20(27)26(8)12-9-13-28-14-15-29-17-10-11-18(19(25)16-17)24-31-22(4,5)23(6,7)32-24;8-4-1-2-5-6(3-4)10-11-7(5)9/h6-9,14-15H,5,10-13H2,1-4H3,(H,27,28);10-11,16H,9,12-15H2,1-8H3;1-3H,(H,10,11). The van der Waals surface area contributed by atoms with Gasteiger partial charge in [0.15, 0.2) is 0 Å². The van der Waals surface area contributed by atoms with Crippen LogP contribution in [0.4, 0.5) is 18.4 Å². The molecular weight excluding hydrogens is 1230 g/mol. The molecule has 4 aromatic carbocycles. The zero-order valence-electron chi connectivity index (χ0n) is 45.3. The van der Waals surface area contributed by atoms with Crippen LogP contribution in [0.1, 0.15) is 82.1 Å². The highest BCUT2D eigenvalue weighted by Gasteiger charge is 2.52. The molecule has 2 N–H and O–H groups in total. The zero-order chi connectivity index (χ0) is 56.0. The second kappa shape index (κ2) is 27.8. The molecule has 0 saturated carbocycles. The SMILES string of the molecule is Brc1ccc2c(I)[nH]nc2c1.CN(CCCOCCOc1ccc(-c2n[nH]c3cc(Br)ccc23)c(F)c1)C(=O)OC(C)(C)C.CN(CCCOCCOc1ccc(B2OC(C)(C)C(C)(C)O2)c(F)c1)C(=O)OC(C)(C)C. The lowest BCUT2D eigenvalue weighted by molar-refractivity contribution is 0.00578. The van der Waals surface area contributed by atoms with Crippen LogP contribution >= 0.6 is 54.5 Å². The third kappa shape index (κ3) is 19.1. The maximum absolute atomic E-state index is 14.7. The quantitative estimate of drug-likeness (QED) is 0.0475. The molecule has 1 aliphatic rings. The van der Waals surface area contributed by atoms with Crippen molar-refractivity contribution >= 4 is 101 Å². The maximum Gasteiger partial charge on any atom is 0.497 e. The van der Waals surface area contributed by atoms with Gasteiger partial charge in [0.2, 0.25) is 0 Å². The third-order valence-corrected chi connectivity index (χ3v) is 13.4. The number of aromatic amines is 2. The van der Waals surface area contributed by atoms with Gasteiger partial charge in [0, 0.05) is 83.3 Å². The summed E-state index contributed by atoms with van der Waals surface area (Å²) in [7, 11) is 2.63. The summed E-state index contributed by atoms with van der Waals surface area (Å²) in [6.07, 6.45) is 0.638. The molecule has 0 atom stereocenters. The van der Waals surface area contributed by atoms with Gasteiger partial charge >= 0.3 is 19.3 Å². The molecular formula is C54H70BBr2F2IN6O10. The van der Waals surface area contributed by atoms with Gasteiger partial charge in [0.05, 0.1) is 35.4 Å². The Balaban J connectivity index is 0.000000233. The number of rotatable bonds is 18. The van der Waals surface area contributed by atoms with Crippen LogP contribution in [0.3, 0.4) is 0 Å². The summed E-state index contributed by atoms with van der Waals surface area (Å²) in [5.41, 5.74) is 1.05. The second-order valence-corrected chi connectivity index (χ2v) is 23.7. The van der Waals surface area contributed by atoms with E-state index >= 15 is 0 Å². The molecule has 22 heteroatoms. The molecule has 0 bridgehead atoms. The van der Waals surface area contributed by atoms with Crippen LogP contribution in [0, 0.1) is 15.3 Å². The van der Waals surface area contributed by atoms with Crippen LogP contribution in [0.5, 0.6) is 11.5 Å². The van der Waals surface area contributed by atoms with Crippen LogP contribution in [0.15, 0.2) is 81.7 Å². The largest absolute Gasteiger partial charge is 0.497 e. The van der Waals surface area contributed by atoms with Gasteiger partial charge in [-0.05, 0) is 159 Å². The van der Waals surface area contributed by atoms with Crippen LogP contribution < -0.4 is 14.9 Å². The molecule has 1 saturated heterocycles. The van der Waals surface area contributed by atoms with E-state index in [2.05, 4.69) is 74.8 Å². The lowest BCUT2D eigenvalue weighted by Gasteiger charge is -2.32. The number of H-pyrrole nitrogens is 2. The van der Waals surface area contributed by atoms with E-state index in [1.807, 2.05) is 106 Å². The number of nitrogens with one attached hydrogen (secondary N) is 2. The minimum atomic E-state index is -0.754. The van der Waals surface area contributed by atoms with Crippen molar-refractivity contribution in [3.8, 4) is 22.8 Å². The number of nitrogens with zero attached hydrogens (tertiary/aromatic N) is 4. The van der Waals surface area contributed by atoms with Crippen molar-refractivity contribution in [2.75, 3.05) is 66.8 Å². The lowest BCUT2D eigenvalue weighted by atomic mass is 9.78. The van der Waals surface area contributed by atoms with E-state index in [-0.39, 0.29) is 18.8 Å². The first kappa shape index (κ1) is 62.3. The minimum absolute atomic E-state index is 0.289. The summed E-state index contributed by atoms with van der Waals surface area (Å²) in [6.45, 7) is 22.0. The molecule has 414 valence electrons. The van der Waals surface area contributed by atoms with E-state index in [4.69, 9.17) is 37.7 Å². The van der Waals surface area contributed by atoms with E-state index in [9.17, 15) is 18.4 Å². The fraction of sp³-hybridized carbons (Fsp3) is 0.481. The summed E-state index contributed by atoms with van der Waals surface area (Å²) in [5.74, 6) is -0.00913. The molecule has 1 fully saturated rings. The monoisotopic (exact) mass is 1300 g/mol. The van der Waals surface area contributed by atoms with Crippen molar-refractivity contribution in [3.05, 3.63) is 97.1 Å². The van der Waals surface area contributed by atoms with Crippen LogP contribution in [-0.2, 0) is 28.3 Å². The number of carbonyl (C=O) groups is 2. The molecule has 3 heterocycles. The van der Waals surface area contributed by atoms with Crippen molar-refractivity contribution in [2.24, 2.45) is 0 Å². The van der Waals surface area contributed by atoms with Crippen LogP contribution in [0.25, 0.3) is 33.1 Å². The average Bonchev–Trinajstić information content (AvgIpc) is 3.97. The van der Waals surface area contributed by atoms with Crippen LogP contribution in [-0.4, -0.2) is 139 Å². The van der Waals surface area contributed by atoms with Gasteiger partial charge < -0.3 is 47.5 Å². The van der Waals surface area contributed by atoms with Gasteiger partial charge in [-0.2, -0.15) is 10.2 Å². The normalized spacial score (nSPS) is 13.9. The Bertz CT molecular complexity index is 2850. The first-order valence-corrected chi connectivity index (χ1v) is 27.5. The second-order valence-electron chi connectivity index (χ2n) is 20.8. The fourth-order valence-electron chi connectivity index (χ4n) is 7.00. The number of benzene rings is 4. The number of hydrogen-bond donors (Lipinski definition) is 2. The molecule has 76 heavy (non-hydrogen) atoms. The molecule has 2 amide bonds. The Hall–Kier alpha value is -4.59. The Kier molecular flexibility index (Phi) is 22.8. The van der Waals surface area contributed by atoms with Gasteiger partial charge in [-0.25, -0.2) is 18.4 Å². The fourth-order valence-corrected chi connectivity index (χ4v) is 8.28. The number of ether oxygens (including phenoxy) is 6. The first-order chi connectivity index (χ1) is 35.6. The van der Waals surface area contributed by atoms with Gasteiger partial charge in [-0.15, -0.1) is 0 Å². The molecule has 0 unspecified atom stereocenters. The van der Waals surface area contributed by atoms with E-state index in [1.165, 1.54) is 27.3 Å². The Morgan fingerprint density at radius 3 is 1.67 bits per heavy atom. The number of amides is 2. The topological polar surface area (TPSA) is 172 Å². The molecule has 0 aliphatic carbocycles. The average molecular weight is 1300 g/mol. The van der Waals surface area contributed by atoms with Crippen molar-refractivity contribution < 1.29 is 56.1 Å². The predicted octanol–water partition coefficient (Wildman–Crippen LogP) is 12.5. The molecule has 2 aromatic heterocycles. The van der Waals surface area contributed by atoms with Crippen molar-refractivity contribution in [1.29, 1.82) is 0 Å². The van der Waals surface area contributed by atoms with Crippen molar-refractivity contribution in [3.63, 3.8) is 0 Å². The molecule has 0 radical (unpaired) electrons. The third-order valence-electron chi connectivity index (χ3n) is 11.6. The summed E-state index contributed by atoms with van der Waals surface area (Å²) in [4.78, 5) is 26.8. The zero-order valence-corrected chi connectivity index (χ0v) is 50.7. The first-order valence-electron chi connectivity index (χ1n) is 24.8. The van der Waals surface area contributed by atoms with Gasteiger partial charge in [0.25, 0.3) is 0 Å². The predicted molar refractivity (Wildman–Crippen MR) is 307 cm³/mol. The number of aromatic nitrogens is 4. The van der Waals surface area contributed by atoms with E-state index in [0.29, 0.717) is 87.2 Å². The Morgan fingerprint density at radius 1 is 0.658 bits per heavy atom. The number of carbonyl (C=O) groups excluding carboxylic acids is 2. The van der Waals surface area contributed by atoms with Gasteiger partial charge in [0.1, 0.15) is 56.9 Å². The Labute approximate surface area is 475 Å². The van der Waals surface area contributed by atoms with E-state index in [1.54, 1.807) is 38.4 Å². The maximum atomic E-state index is 14.7. The molecule has 0 spiro atoms. The smallest absolute Gasteiger partial charge is 0.491 e. The summed E-state index contributed by atoms with van der Waals surface area (Å²) in [5, 5.41) is 16.2.